The van der Waals surface area contributed by atoms with Crippen molar-refractivity contribution in [2.75, 3.05) is 20.1 Å². The van der Waals surface area contributed by atoms with Gasteiger partial charge < -0.3 is 29.5 Å². The van der Waals surface area contributed by atoms with Crippen LogP contribution >= 0.6 is 0 Å². The number of nitrogens with zero attached hydrogens (tertiary/aromatic N) is 3. The van der Waals surface area contributed by atoms with Crippen molar-refractivity contribution in [3.8, 4) is 11.1 Å². The number of ether oxygens (including phenoxy) is 3. The standard InChI is InChI=1S/C45H46N4O7/c1-48(22-20-38-15-5-6-21-46-38)28-39-25-41(34-18-16-31(29-50)17-19-34)56-44(55-39)37-14-8-13-36(24-37)35-12-7-11-33(23-35)27-49-42(51)26-40(43(49)52)47-45(53)54-30-32-9-3-2-4-10-32/h2-19,21,23-24,39-41,44,50H,20,22,25-30H2,1H3,(H,47,53)/t39-,40?,41+,44+/m1/s1. The van der Waals surface area contributed by atoms with E-state index in [4.69, 9.17) is 14.2 Å². The van der Waals surface area contributed by atoms with E-state index in [2.05, 4.69) is 28.3 Å². The van der Waals surface area contributed by atoms with Crippen LogP contribution in [0.5, 0.6) is 0 Å². The summed E-state index contributed by atoms with van der Waals surface area (Å²) in [6.07, 6.45) is 1.47. The number of likely N-dealkylation sites (N-methyl/N-ethyl adjacent to an activating group) is 1. The lowest BCUT2D eigenvalue weighted by Gasteiger charge is -2.38. The number of aliphatic hydroxyl groups excluding tert-OH is 1. The van der Waals surface area contributed by atoms with Crippen LogP contribution in [0.15, 0.2) is 128 Å². The second-order valence-electron chi connectivity index (χ2n) is 14.3. The van der Waals surface area contributed by atoms with E-state index in [0.717, 1.165) is 57.6 Å². The van der Waals surface area contributed by atoms with Gasteiger partial charge in [-0.05, 0) is 64.7 Å². The van der Waals surface area contributed by atoms with E-state index in [-0.39, 0.29) is 44.3 Å². The number of rotatable bonds is 14. The van der Waals surface area contributed by atoms with E-state index in [9.17, 15) is 19.5 Å². The Morgan fingerprint density at radius 3 is 2.38 bits per heavy atom. The summed E-state index contributed by atoms with van der Waals surface area (Å²) in [4.78, 5) is 46.6. The van der Waals surface area contributed by atoms with Gasteiger partial charge in [0.2, 0.25) is 5.91 Å². The number of carbonyl (C=O) groups is 3. The van der Waals surface area contributed by atoms with Gasteiger partial charge in [0.1, 0.15) is 12.6 Å². The molecule has 1 aromatic heterocycles. The number of nitrogens with one attached hydrogen (secondary N) is 1. The van der Waals surface area contributed by atoms with Gasteiger partial charge >= 0.3 is 6.09 Å². The summed E-state index contributed by atoms with van der Waals surface area (Å²) in [7, 11) is 2.09. The molecule has 11 heteroatoms. The Bertz CT molecular complexity index is 2100. The molecule has 4 aromatic carbocycles. The van der Waals surface area contributed by atoms with Crippen molar-refractivity contribution in [3.63, 3.8) is 0 Å². The Morgan fingerprint density at radius 1 is 0.857 bits per heavy atom. The highest BCUT2D eigenvalue weighted by Crippen LogP contribution is 2.39. The third-order valence-corrected chi connectivity index (χ3v) is 10.1. The number of pyridine rings is 1. The van der Waals surface area contributed by atoms with Crippen molar-refractivity contribution in [2.45, 2.75) is 63.6 Å². The first-order valence-electron chi connectivity index (χ1n) is 18.9. The molecule has 0 bridgehead atoms. The summed E-state index contributed by atoms with van der Waals surface area (Å²) < 4.78 is 18.6. The summed E-state index contributed by atoms with van der Waals surface area (Å²) in [5, 5.41) is 12.2. The van der Waals surface area contributed by atoms with Gasteiger partial charge in [0.15, 0.2) is 6.29 Å². The molecule has 2 N–H and O–H groups in total. The number of imide groups is 1. The first kappa shape index (κ1) is 38.6. The number of hydrogen-bond donors (Lipinski definition) is 2. The van der Waals surface area contributed by atoms with Crippen LogP contribution < -0.4 is 5.32 Å². The molecule has 3 amide bonds. The predicted molar refractivity (Wildman–Crippen MR) is 209 cm³/mol. The zero-order valence-corrected chi connectivity index (χ0v) is 31.3. The average molecular weight is 755 g/mol. The maximum absolute atomic E-state index is 13.3. The van der Waals surface area contributed by atoms with E-state index < -0.39 is 24.3 Å². The molecule has 2 saturated heterocycles. The SMILES string of the molecule is CN(CCc1ccccn1)C[C@H]1C[C@@H](c2ccc(CO)cc2)O[C@@H](c2cccc(-c3cccc(CN4C(=O)CC(NC(=O)OCc5ccccc5)C4=O)c3)c2)O1. The molecule has 2 fully saturated rings. The molecule has 7 rings (SSSR count). The zero-order chi connectivity index (χ0) is 38.9. The molecule has 2 aliphatic heterocycles. The molecular weight excluding hydrogens is 709 g/mol. The van der Waals surface area contributed by atoms with Crippen LogP contribution in [0, 0.1) is 0 Å². The van der Waals surface area contributed by atoms with Crippen molar-refractivity contribution < 1.29 is 33.7 Å². The summed E-state index contributed by atoms with van der Waals surface area (Å²) in [5.41, 5.74) is 7.19. The lowest BCUT2D eigenvalue weighted by Crippen LogP contribution is -2.41. The van der Waals surface area contributed by atoms with E-state index in [1.807, 2.05) is 121 Å². The maximum Gasteiger partial charge on any atom is 0.408 e. The van der Waals surface area contributed by atoms with Gasteiger partial charge in [0.25, 0.3) is 5.91 Å². The second kappa shape index (κ2) is 18.3. The van der Waals surface area contributed by atoms with Crippen LogP contribution in [-0.4, -0.2) is 70.1 Å². The quantitative estimate of drug-likeness (QED) is 0.122. The summed E-state index contributed by atoms with van der Waals surface area (Å²) in [5.74, 6) is -0.831. The lowest BCUT2D eigenvalue weighted by atomic mass is 9.98. The van der Waals surface area contributed by atoms with Crippen LogP contribution in [0.3, 0.4) is 0 Å². The number of carbonyl (C=O) groups excluding carboxylic acids is 3. The normalized spacial score (nSPS) is 19.7. The number of alkyl carbamates (subject to hydrolysis) is 1. The smallest absolute Gasteiger partial charge is 0.408 e. The fourth-order valence-electron chi connectivity index (χ4n) is 7.09. The molecule has 4 atom stereocenters. The van der Waals surface area contributed by atoms with Crippen LogP contribution in [0.25, 0.3) is 11.1 Å². The second-order valence-corrected chi connectivity index (χ2v) is 14.3. The van der Waals surface area contributed by atoms with Gasteiger partial charge in [-0.1, -0.05) is 97.1 Å². The van der Waals surface area contributed by atoms with Crippen LogP contribution in [-0.2, 0) is 50.0 Å². The van der Waals surface area contributed by atoms with Crippen molar-refractivity contribution in [3.05, 3.63) is 161 Å². The van der Waals surface area contributed by atoms with Crippen LogP contribution in [0.2, 0.25) is 0 Å². The highest BCUT2D eigenvalue weighted by atomic mass is 16.7. The molecule has 0 saturated carbocycles. The minimum Gasteiger partial charge on any atom is -0.445 e. The molecule has 2 aliphatic rings. The molecule has 288 valence electrons. The highest BCUT2D eigenvalue weighted by molar-refractivity contribution is 6.06. The van der Waals surface area contributed by atoms with Gasteiger partial charge in [-0.25, -0.2) is 4.79 Å². The van der Waals surface area contributed by atoms with Gasteiger partial charge in [-0.3, -0.25) is 19.5 Å². The molecule has 3 heterocycles. The van der Waals surface area contributed by atoms with E-state index in [1.54, 1.807) is 0 Å². The van der Waals surface area contributed by atoms with Crippen molar-refractivity contribution in [1.29, 1.82) is 0 Å². The summed E-state index contributed by atoms with van der Waals surface area (Å²) in [6, 6.07) is 37.8. The molecule has 0 spiro atoms. The van der Waals surface area contributed by atoms with Crippen molar-refractivity contribution >= 4 is 17.9 Å². The molecule has 0 aliphatic carbocycles. The molecule has 1 unspecified atom stereocenters. The highest BCUT2D eigenvalue weighted by Gasteiger charge is 2.40. The Labute approximate surface area is 326 Å². The Kier molecular flexibility index (Phi) is 12.6. The van der Waals surface area contributed by atoms with Crippen molar-refractivity contribution in [1.82, 2.24) is 20.1 Å². The van der Waals surface area contributed by atoms with E-state index in [0.29, 0.717) is 13.0 Å². The van der Waals surface area contributed by atoms with Crippen LogP contribution in [0.4, 0.5) is 4.79 Å². The minimum atomic E-state index is -0.984. The predicted octanol–water partition coefficient (Wildman–Crippen LogP) is 6.51. The Balaban J connectivity index is 1.02. The molecular formula is C45H46N4O7. The third kappa shape index (κ3) is 9.92. The topological polar surface area (TPSA) is 131 Å². The molecule has 0 radical (unpaired) electrons. The van der Waals surface area contributed by atoms with Gasteiger partial charge in [0, 0.05) is 43.4 Å². The largest absolute Gasteiger partial charge is 0.445 e. The fourth-order valence-corrected chi connectivity index (χ4v) is 7.09. The molecule has 5 aromatic rings. The van der Waals surface area contributed by atoms with Crippen LogP contribution in [0.1, 0.15) is 58.7 Å². The number of amides is 3. The maximum atomic E-state index is 13.3. The first-order valence-corrected chi connectivity index (χ1v) is 18.9. The Morgan fingerprint density at radius 2 is 1.61 bits per heavy atom. The lowest BCUT2D eigenvalue weighted by molar-refractivity contribution is -0.252. The van der Waals surface area contributed by atoms with Gasteiger partial charge in [0.05, 0.1) is 31.8 Å². The number of hydrogen-bond acceptors (Lipinski definition) is 9. The van der Waals surface area contributed by atoms with Gasteiger partial charge in [-0.15, -0.1) is 0 Å². The number of aliphatic hydroxyl groups is 1. The summed E-state index contributed by atoms with van der Waals surface area (Å²) in [6.45, 7) is 1.65. The monoisotopic (exact) mass is 754 g/mol. The Hall–Kier alpha value is -5.72. The zero-order valence-electron chi connectivity index (χ0n) is 31.3. The number of likely N-dealkylation sites (tertiary alicyclic amines) is 1. The molecule has 11 nitrogen and oxygen atoms in total. The average Bonchev–Trinajstić information content (AvgIpc) is 3.49. The van der Waals surface area contributed by atoms with Gasteiger partial charge in [-0.2, -0.15) is 0 Å². The van der Waals surface area contributed by atoms with E-state index >= 15 is 0 Å². The minimum absolute atomic E-state index is 0.0242. The fraction of sp³-hybridized carbons (Fsp3) is 0.289. The number of benzene rings is 4. The molecule has 56 heavy (non-hydrogen) atoms. The number of aromatic nitrogens is 1. The first-order chi connectivity index (χ1) is 27.3. The summed E-state index contributed by atoms with van der Waals surface area (Å²) >= 11 is 0. The van der Waals surface area contributed by atoms with Crippen molar-refractivity contribution in [2.24, 2.45) is 0 Å². The van der Waals surface area contributed by atoms with E-state index in [1.165, 1.54) is 4.90 Å². The third-order valence-electron chi connectivity index (χ3n) is 10.1.